The van der Waals surface area contributed by atoms with Gasteiger partial charge in [0.2, 0.25) is 5.95 Å². The molecule has 0 spiro atoms. The van der Waals surface area contributed by atoms with Crippen LogP contribution in [0.25, 0.3) is 11.2 Å². The highest BCUT2D eigenvalue weighted by Crippen LogP contribution is 2.24. The molecule has 0 amide bonds. The Morgan fingerprint density at radius 2 is 1.86 bits per heavy atom. The van der Waals surface area contributed by atoms with E-state index in [0.717, 1.165) is 29.0 Å². The van der Waals surface area contributed by atoms with Crippen LogP contribution >= 0.6 is 11.6 Å². The average Bonchev–Trinajstić information content (AvgIpc) is 3.10. The maximum absolute atomic E-state index is 12.6. The zero-order chi connectivity index (χ0) is 19.8. The quantitative estimate of drug-likeness (QED) is 0.604. The molecule has 0 aliphatic carbocycles. The zero-order valence-electron chi connectivity index (χ0n) is 15.9. The highest BCUT2D eigenvalue weighted by atomic mass is 35.5. The van der Waals surface area contributed by atoms with E-state index in [9.17, 15) is 9.59 Å². The van der Waals surface area contributed by atoms with E-state index in [0.29, 0.717) is 42.5 Å². The Balaban J connectivity index is 1.53. The van der Waals surface area contributed by atoms with Crippen molar-refractivity contribution in [3.63, 3.8) is 0 Å². The third-order valence-corrected chi connectivity index (χ3v) is 5.36. The van der Waals surface area contributed by atoms with E-state index in [1.54, 1.807) is 7.05 Å². The van der Waals surface area contributed by atoms with Crippen molar-refractivity contribution in [1.29, 1.82) is 0 Å². The van der Waals surface area contributed by atoms with Crippen LogP contribution in [0.15, 0.2) is 33.9 Å². The van der Waals surface area contributed by atoms with Crippen LogP contribution < -0.4 is 16.1 Å². The van der Waals surface area contributed by atoms with Crippen LogP contribution in [-0.4, -0.2) is 38.4 Å². The van der Waals surface area contributed by atoms with Gasteiger partial charge in [-0.3, -0.25) is 13.9 Å². The van der Waals surface area contributed by atoms with Crippen molar-refractivity contribution in [3.05, 3.63) is 55.7 Å². The third kappa shape index (κ3) is 3.22. The van der Waals surface area contributed by atoms with E-state index in [4.69, 9.17) is 16.3 Å². The first-order chi connectivity index (χ1) is 13.5. The van der Waals surface area contributed by atoms with E-state index in [2.05, 4.69) is 9.88 Å². The average molecular weight is 404 g/mol. The number of fused-ring (bicyclic) bond motifs is 3. The summed E-state index contributed by atoms with van der Waals surface area (Å²) in [5.41, 5.74) is 1.29. The minimum absolute atomic E-state index is 0.308. The molecule has 0 radical (unpaired) electrons. The highest BCUT2D eigenvalue weighted by Gasteiger charge is 2.25. The molecule has 28 heavy (non-hydrogen) atoms. The van der Waals surface area contributed by atoms with Crippen LogP contribution in [0.2, 0.25) is 5.02 Å². The highest BCUT2D eigenvalue weighted by molar-refractivity contribution is 6.30. The van der Waals surface area contributed by atoms with Gasteiger partial charge in [-0.25, -0.2) is 4.79 Å². The van der Waals surface area contributed by atoms with E-state index >= 15 is 0 Å². The van der Waals surface area contributed by atoms with E-state index < -0.39 is 0 Å². The van der Waals surface area contributed by atoms with Gasteiger partial charge in [0.25, 0.3) is 5.56 Å². The molecule has 0 unspecified atom stereocenters. The minimum Gasteiger partial charge on any atom is -0.375 e. The fraction of sp³-hybridized carbons (Fsp3) is 0.421. The van der Waals surface area contributed by atoms with Crippen molar-refractivity contribution in [2.24, 2.45) is 14.1 Å². The molecule has 1 aliphatic heterocycles. The molecule has 0 fully saturated rings. The number of imidazole rings is 1. The minimum atomic E-state index is -0.370. The summed E-state index contributed by atoms with van der Waals surface area (Å²) in [7, 11) is 3.14. The number of anilines is 1. The number of halogens is 1. The standard InChI is InChI=1S/C19H22ClN5O3/c1-22-16-15(17(26)23(2)19(22)27)25-9-3-8-24(18(25)21-16)10-11-28-12-13-4-6-14(20)7-5-13/h4-7H,3,8-12H2,1-2H3. The summed E-state index contributed by atoms with van der Waals surface area (Å²) >= 11 is 5.90. The predicted molar refractivity (Wildman–Crippen MR) is 108 cm³/mol. The summed E-state index contributed by atoms with van der Waals surface area (Å²) in [4.78, 5) is 31.5. The van der Waals surface area contributed by atoms with Crippen LogP contribution in [0.4, 0.5) is 5.95 Å². The van der Waals surface area contributed by atoms with Gasteiger partial charge >= 0.3 is 5.69 Å². The summed E-state index contributed by atoms with van der Waals surface area (Å²) < 4.78 is 10.3. The number of ether oxygens (including phenoxy) is 1. The topological polar surface area (TPSA) is 74.3 Å². The summed E-state index contributed by atoms with van der Waals surface area (Å²) in [6.07, 6.45) is 0.904. The summed E-state index contributed by atoms with van der Waals surface area (Å²) in [5.74, 6) is 0.717. The number of aromatic nitrogens is 4. The molecule has 3 aromatic rings. The van der Waals surface area contributed by atoms with E-state index in [1.165, 1.54) is 11.6 Å². The van der Waals surface area contributed by atoms with Crippen LogP contribution in [-0.2, 0) is 32.0 Å². The molecular formula is C19H22ClN5O3. The Morgan fingerprint density at radius 3 is 2.61 bits per heavy atom. The first kappa shape index (κ1) is 18.8. The van der Waals surface area contributed by atoms with Crippen LogP contribution in [0.3, 0.4) is 0 Å². The summed E-state index contributed by atoms with van der Waals surface area (Å²) in [5, 5.41) is 0.705. The first-order valence-corrected chi connectivity index (χ1v) is 9.58. The molecular weight excluding hydrogens is 382 g/mol. The first-order valence-electron chi connectivity index (χ1n) is 9.21. The van der Waals surface area contributed by atoms with Crippen molar-refractivity contribution in [1.82, 2.24) is 18.7 Å². The van der Waals surface area contributed by atoms with Gasteiger partial charge in [0.05, 0.1) is 13.2 Å². The van der Waals surface area contributed by atoms with Gasteiger partial charge < -0.3 is 14.2 Å². The van der Waals surface area contributed by atoms with Crippen molar-refractivity contribution in [2.45, 2.75) is 19.6 Å². The second-order valence-corrected chi connectivity index (χ2v) is 7.40. The summed E-state index contributed by atoms with van der Waals surface area (Å²) in [6, 6.07) is 7.58. The molecule has 1 aromatic carbocycles. The Labute approximate surface area is 166 Å². The fourth-order valence-corrected chi connectivity index (χ4v) is 3.69. The number of hydrogen-bond donors (Lipinski definition) is 0. The smallest absolute Gasteiger partial charge is 0.332 e. The second kappa shape index (κ2) is 7.44. The van der Waals surface area contributed by atoms with Gasteiger partial charge in [0.1, 0.15) is 0 Å². The third-order valence-electron chi connectivity index (χ3n) is 5.11. The molecule has 148 valence electrons. The van der Waals surface area contributed by atoms with Gasteiger partial charge in [-0.2, -0.15) is 4.98 Å². The molecule has 0 bridgehead atoms. The van der Waals surface area contributed by atoms with Gasteiger partial charge in [-0.15, -0.1) is 0 Å². The van der Waals surface area contributed by atoms with Gasteiger partial charge in [-0.1, -0.05) is 23.7 Å². The predicted octanol–water partition coefficient (Wildman–Crippen LogP) is 1.51. The lowest BCUT2D eigenvalue weighted by Crippen LogP contribution is -2.38. The van der Waals surface area contributed by atoms with Crippen molar-refractivity contribution >= 4 is 28.7 Å². The fourth-order valence-electron chi connectivity index (χ4n) is 3.57. The van der Waals surface area contributed by atoms with Gasteiger partial charge in [0.15, 0.2) is 11.2 Å². The van der Waals surface area contributed by atoms with Crippen LogP contribution in [0.5, 0.6) is 0 Å². The SMILES string of the molecule is Cn1c(=O)c2c(nc3n2CCCN3CCOCc2ccc(Cl)cc2)n(C)c1=O. The number of nitrogens with zero attached hydrogens (tertiary/aromatic N) is 5. The Morgan fingerprint density at radius 1 is 1.11 bits per heavy atom. The molecule has 9 heteroatoms. The Hall–Kier alpha value is -2.58. The maximum Gasteiger partial charge on any atom is 0.332 e. The zero-order valence-corrected chi connectivity index (χ0v) is 16.6. The molecule has 4 rings (SSSR count). The van der Waals surface area contributed by atoms with Crippen LogP contribution in [0.1, 0.15) is 12.0 Å². The number of aryl methyl sites for hydroxylation is 2. The van der Waals surface area contributed by atoms with Gasteiger partial charge in [0, 0.05) is 38.8 Å². The van der Waals surface area contributed by atoms with Crippen molar-refractivity contribution in [2.75, 3.05) is 24.6 Å². The Bertz CT molecular complexity index is 1130. The lowest BCUT2D eigenvalue weighted by atomic mass is 10.2. The monoisotopic (exact) mass is 403 g/mol. The number of benzene rings is 1. The molecule has 0 saturated carbocycles. The normalized spacial score (nSPS) is 13.9. The van der Waals surface area contributed by atoms with Gasteiger partial charge in [-0.05, 0) is 24.1 Å². The lowest BCUT2D eigenvalue weighted by Gasteiger charge is -2.28. The molecule has 8 nitrogen and oxygen atoms in total. The molecule has 2 aromatic heterocycles. The molecule has 0 N–H and O–H groups in total. The van der Waals surface area contributed by atoms with E-state index in [-0.39, 0.29) is 11.2 Å². The second-order valence-electron chi connectivity index (χ2n) is 6.96. The molecule has 1 aliphatic rings. The molecule has 0 atom stereocenters. The van der Waals surface area contributed by atoms with Crippen molar-refractivity contribution < 1.29 is 4.74 Å². The van der Waals surface area contributed by atoms with E-state index in [1.807, 2.05) is 28.8 Å². The summed E-state index contributed by atoms with van der Waals surface area (Å²) in [6.45, 7) is 3.24. The maximum atomic E-state index is 12.6. The number of rotatable bonds is 5. The molecule has 3 heterocycles. The largest absolute Gasteiger partial charge is 0.375 e. The Kier molecular flexibility index (Phi) is 4.99. The van der Waals surface area contributed by atoms with Crippen LogP contribution in [0, 0.1) is 0 Å². The van der Waals surface area contributed by atoms with Crippen molar-refractivity contribution in [3.8, 4) is 0 Å². The number of hydrogen-bond acceptors (Lipinski definition) is 5. The lowest BCUT2D eigenvalue weighted by molar-refractivity contribution is 0.126. The molecule has 0 saturated heterocycles.